The molecule has 0 saturated heterocycles. The lowest BCUT2D eigenvalue weighted by molar-refractivity contribution is 0.840. The molecule has 0 atom stereocenters. The van der Waals surface area contributed by atoms with Crippen LogP contribution in [0.2, 0.25) is 5.02 Å². The van der Waals surface area contributed by atoms with Crippen LogP contribution in [0.3, 0.4) is 0 Å². The van der Waals surface area contributed by atoms with Crippen molar-refractivity contribution < 1.29 is 0 Å². The summed E-state index contributed by atoms with van der Waals surface area (Å²) in [6.45, 7) is 4.82. The predicted molar refractivity (Wildman–Crippen MR) is 105 cm³/mol. The van der Waals surface area contributed by atoms with Crippen LogP contribution < -0.4 is 10.2 Å². The lowest BCUT2D eigenvalue weighted by atomic mass is 10.1. The van der Waals surface area contributed by atoms with Crippen LogP contribution in [0.1, 0.15) is 16.7 Å². The van der Waals surface area contributed by atoms with Gasteiger partial charge in [0.1, 0.15) is 0 Å². The van der Waals surface area contributed by atoms with E-state index in [9.17, 15) is 0 Å². The van der Waals surface area contributed by atoms with Gasteiger partial charge in [0.05, 0.1) is 16.9 Å². The number of hydrogen-bond acceptors (Lipinski definition) is 6. The quantitative estimate of drug-likeness (QED) is 0.710. The highest BCUT2D eigenvalue weighted by Gasteiger charge is 2.10. The van der Waals surface area contributed by atoms with Crippen molar-refractivity contribution in [2.24, 2.45) is 0 Å². The molecule has 0 fully saturated rings. The van der Waals surface area contributed by atoms with Gasteiger partial charge < -0.3 is 10.2 Å². The highest BCUT2D eigenvalue weighted by Crippen LogP contribution is 2.29. The van der Waals surface area contributed by atoms with Gasteiger partial charge in [-0.25, -0.2) is 0 Å². The Labute approximate surface area is 158 Å². The molecule has 0 saturated carbocycles. The number of pyridine rings is 1. The molecule has 1 N–H and O–H groups in total. The molecule has 0 bridgehead atoms. The third-order valence-corrected chi connectivity index (χ3v) is 4.39. The Hall–Kier alpha value is -2.73. The normalized spacial score (nSPS) is 10.6. The average molecular weight is 369 g/mol. The highest BCUT2D eigenvalue weighted by molar-refractivity contribution is 6.33. The lowest BCUT2D eigenvalue weighted by Gasteiger charge is -2.18. The number of aryl methyl sites for hydroxylation is 2. The molecule has 0 unspecified atom stereocenters. The monoisotopic (exact) mass is 368 g/mol. The molecule has 6 nitrogen and oxygen atoms in total. The Morgan fingerprint density at radius 2 is 1.92 bits per heavy atom. The van der Waals surface area contributed by atoms with Gasteiger partial charge >= 0.3 is 0 Å². The molecular weight excluding hydrogens is 348 g/mol. The summed E-state index contributed by atoms with van der Waals surface area (Å²) in [5.41, 5.74) is 4.18. The van der Waals surface area contributed by atoms with E-state index in [1.807, 2.05) is 44.0 Å². The SMILES string of the molecule is Cc1cc(C)c(Nc2nncc(N(C)CCc3ccncc3)n2)c(Cl)c1. The average Bonchev–Trinajstić information content (AvgIpc) is 2.64. The number of rotatable bonds is 6. The zero-order valence-corrected chi connectivity index (χ0v) is 15.8. The summed E-state index contributed by atoms with van der Waals surface area (Å²) >= 11 is 6.35. The van der Waals surface area contributed by atoms with Gasteiger partial charge in [-0.05, 0) is 55.2 Å². The van der Waals surface area contributed by atoms with Crippen molar-refractivity contribution in [1.82, 2.24) is 20.2 Å². The number of likely N-dealkylation sites (N-methyl/N-ethyl adjacent to an activating group) is 1. The Morgan fingerprint density at radius 1 is 1.15 bits per heavy atom. The minimum absolute atomic E-state index is 0.423. The van der Waals surface area contributed by atoms with Crippen LogP contribution in [0.5, 0.6) is 0 Å². The second-order valence-corrected chi connectivity index (χ2v) is 6.64. The van der Waals surface area contributed by atoms with Gasteiger partial charge in [0.2, 0.25) is 5.95 Å². The first-order chi connectivity index (χ1) is 12.5. The molecule has 26 heavy (non-hydrogen) atoms. The molecule has 0 spiro atoms. The summed E-state index contributed by atoms with van der Waals surface area (Å²) in [6, 6.07) is 8.00. The van der Waals surface area contributed by atoms with E-state index in [0.29, 0.717) is 11.0 Å². The van der Waals surface area contributed by atoms with Crippen LogP contribution in [0.25, 0.3) is 0 Å². The molecule has 0 aliphatic rings. The van der Waals surface area contributed by atoms with E-state index >= 15 is 0 Å². The first kappa shape index (κ1) is 18.1. The first-order valence-corrected chi connectivity index (χ1v) is 8.74. The molecule has 7 heteroatoms. The number of nitrogens with zero attached hydrogens (tertiary/aromatic N) is 5. The fourth-order valence-corrected chi connectivity index (χ4v) is 3.05. The van der Waals surface area contributed by atoms with Crippen molar-refractivity contribution in [1.29, 1.82) is 0 Å². The third kappa shape index (κ3) is 4.46. The molecule has 0 radical (unpaired) electrons. The molecule has 134 valence electrons. The standard InChI is InChI=1S/C19H21ClN6/c1-13-10-14(2)18(16(20)11-13)24-19-23-17(12-22-25-19)26(3)9-6-15-4-7-21-8-5-15/h4-5,7-8,10-12H,6,9H2,1-3H3,(H,23,24,25). The van der Waals surface area contributed by atoms with Crippen LogP contribution in [0, 0.1) is 13.8 Å². The summed E-state index contributed by atoms with van der Waals surface area (Å²) in [7, 11) is 1.99. The van der Waals surface area contributed by atoms with Crippen molar-refractivity contribution in [2.75, 3.05) is 23.8 Å². The Bertz CT molecular complexity index is 861. The van der Waals surface area contributed by atoms with Gasteiger partial charge in [0.15, 0.2) is 5.82 Å². The van der Waals surface area contributed by atoms with Gasteiger partial charge in [0, 0.05) is 26.0 Å². The summed E-state index contributed by atoms with van der Waals surface area (Å²) in [6.07, 6.45) is 6.16. The summed E-state index contributed by atoms with van der Waals surface area (Å²) < 4.78 is 0. The van der Waals surface area contributed by atoms with Gasteiger partial charge in [-0.3, -0.25) is 4.98 Å². The minimum atomic E-state index is 0.423. The topological polar surface area (TPSA) is 66.8 Å². The molecule has 3 aromatic rings. The van der Waals surface area contributed by atoms with E-state index < -0.39 is 0 Å². The van der Waals surface area contributed by atoms with E-state index in [4.69, 9.17) is 11.6 Å². The number of benzene rings is 1. The lowest BCUT2D eigenvalue weighted by Crippen LogP contribution is -2.22. The number of anilines is 3. The molecular formula is C19H21ClN6. The van der Waals surface area contributed by atoms with Gasteiger partial charge in [-0.1, -0.05) is 17.7 Å². The van der Waals surface area contributed by atoms with Crippen LogP contribution in [-0.2, 0) is 6.42 Å². The maximum Gasteiger partial charge on any atom is 0.249 e. The van der Waals surface area contributed by atoms with Crippen molar-refractivity contribution in [2.45, 2.75) is 20.3 Å². The highest BCUT2D eigenvalue weighted by atomic mass is 35.5. The van der Waals surface area contributed by atoms with Crippen molar-refractivity contribution in [3.05, 3.63) is 64.6 Å². The van der Waals surface area contributed by atoms with Gasteiger partial charge in [0.25, 0.3) is 0 Å². The first-order valence-electron chi connectivity index (χ1n) is 8.36. The summed E-state index contributed by atoms with van der Waals surface area (Å²) in [5, 5.41) is 12.0. The molecule has 2 aromatic heterocycles. The van der Waals surface area contributed by atoms with Crippen LogP contribution in [-0.4, -0.2) is 33.8 Å². The fourth-order valence-electron chi connectivity index (χ4n) is 2.68. The molecule has 0 amide bonds. The maximum absolute atomic E-state index is 6.35. The Kier molecular flexibility index (Phi) is 5.63. The van der Waals surface area contributed by atoms with Crippen LogP contribution in [0.15, 0.2) is 42.9 Å². The maximum atomic E-state index is 6.35. The van der Waals surface area contributed by atoms with Crippen LogP contribution >= 0.6 is 11.6 Å². The van der Waals surface area contributed by atoms with Crippen molar-refractivity contribution >= 4 is 29.1 Å². The Morgan fingerprint density at radius 3 is 2.65 bits per heavy atom. The predicted octanol–water partition coefficient (Wildman–Crippen LogP) is 3.96. The molecule has 0 aliphatic carbocycles. The second-order valence-electron chi connectivity index (χ2n) is 6.23. The number of hydrogen-bond donors (Lipinski definition) is 1. The minimum Gasteiger partial charge on any atom is -0.358 e. The zero-order chi connectivity index (χ0) is 18.5. The van der Waals surface area contributed by atoms with Crippen LogP contribution in [0.4, 0.5) is 17.5 Å². The largest absolute Gasteiger partial charge is 0.358 e. The third-order valence-electron chi connectivity index (χ3n) is 4.09. The molecule has 0 aliphatic heterocycles. The number of halogens is 1. The van der Waals surface area contributed by atoms with E-state index in [1.54, 1.807) is 18.6 Å². The van der Waals surface area contributed by atoms with Gasteiger partial charge in [-0.2, -0.15) is 10.1 Å². The van der Waals surface area contributed by atoms with E-state index in [-0.39, 0.29) is 0 Å². The van der Waals surface area contributed by atoms with Crippen molar-refractivity contribution in [3.8, 4) is 0 Å². The number of nitrogens with one attached hydrogen (secondary N) is 1. The van der Waals surface area contributed by atoms with E-state index in [1.165, 1.54) is 5.56 Å². The summed E-state index contributed by atoms with van der Waals surface area (Å²) in [5.74, 6) is 1.17. The van der Waals surface area contributed by atoms with E-state index in [2.05, 4.69) is 31.5 Å². The fraction of sp³-hybridized carbons (Fsp3) is 0.263. The van der Waals surface area contributed by atoms with E-state index in [0.717, 1.165) is 35.6 Å². The van der Waals surface area contributed by atoms with Gasteiger partial charge in [-0.15, -0.1) is 5.10 Å². The second kappa shape index (κ2) is 8.10. The molecule has 2 heterocycles. The molecule has 1 aromatic carbocycles. The Balaban J connectivity index is 1.72. The summed E-state index contributed by atoms with van der Waals surface area (Å²) in [4.78, 5) is 10.6. The molecule has 3 rings (SSSR count). The zero-order valence-electron chi connectivity index (χ0n) is 15.1. The number of aromatic nitrogens is 4. The van der Waals surface area contributed by atoms with Crippen molar-refractivity contribution in [3.63, 3.8) is 0 Å². The smallest absolute Gasteiger partial charge is 0.249 e.